The van der Waals surface area contributed by atoms with Crippen molar-refractivity contribution in [3.8, 4) is 0 Å². The topological polar surface area (TPSA) is 32.5 Å². The van der Waals surface area contributed by atoms with Crippen LogP contribution in [0.3, 0.4) is 0 Å². The SMILES string of the molecule is CC(N)C(c1ccc(Br)s1)N1CCCC(N(C)C)C1. The van der Waals surface area contributed by atoms with Gasteiger partial charge in [0, 0.05) is 23.5 Å². The molecule has 1 aromatic rings. The molecule has 1 saturated heterocycles. The van der Waals surface area contributed by atoms with Crippen LogP contribution in [0, 0.1) is 0 Å². The first-order chi connectivity index (χ1) is 8.99. The van der Waals surface area contributed by atoms with E-state index in [1.54, 1.807) is 0 Å². The molecule has 2 heterocycles. The van der Waals surface area contributed by atoms with E-state index in [1.807, 2.05) is 11.3 Å². The molecule has 1 aromatic heterocycles. The zero-order valence-electron chi connectivity index (χ0n) is 12.0. The van der Waals surface area contributed by atoms with Gasteiger partial charge in [-0.1, -0.05) is 0 Å². The number of hydrogen-bond acceptors (Lipinski definition) is 4. The van der Waals surface area contributed by atoms with Crippen LogP contribution >= 0.6 is 27.3 Å². The summed E-state index contributed by atoms with van der Waals surface area (Å²) in [4.78, 5) is 6.28. The number of halogens is 1. The first kappa shape index (κ1) is 15.4. The van der Waals surface area contributed by atoms with Crippen LogP contribution in [0.2, 0.25) is 0 Å². The lowest BCUT2D eigenvalue weighted by Gasteiger charge is -2.41. The van der Waals surface area contributed by atoms with Gasteiger partial charge in [0.1, 0.15) is 0 Å². The van der Waals surface area contributed by atoms with E-state index in [-0.39, 0.29) is 6.04 Å². The van der Waals surface area contributed by atoms with Gasteiger partial charge in [-0.15, -0.1) is 11.3 Å². The first-order valence-electron chi connectivity index (χ1n) is 6.90. The summed E-state index contributed by atoms with van der Waals surface area (Å²) in [5.41, 5.74) is 6.27. The molecular formula is C14H24BrN3S. The molecular weight excluding hydrogens is 322 g/mol. The zero-order chi connectivity index (χ0) is 14.0. The number of nitrogens with zero attached hydrogens (tertiary/aromatic N) is 2. The Hall–Kier alpha value is 0.0600. The molecule has 0 saturated carbocycles. The van der Waals surface area contributed by atoms with Gasteiger partial charge in [-0.05, 0) is 68.5 Å². The summed E-state index contributed by atoms with van der Waals surface area (Å²) >= 11 is 5.37. The van der Waals surface area contributed by atoms with E-state index >= 15 is 0 Å². The minimum Gasteiger partial charge on any atom is -0.326 e. The van der Waals surface area contributed by atoms with Gasteiger partial charge < -0.3 is 10.6 Å². The summed E-state index contributed by atoms with van der Waals surface area (Å²) in [7, 11) is 4.35. The Morgan fingerprint density at radius 3 is 2.74 bits per heavy atom. The molecule has 1 fully saturated rings. The van der Waals surface area contributed by atoms with Crippen molar-refractivity contribution in [2.45, 2.75) is 37.9 Å². The molecule has 0 bridgehead atoms. The highest BCUT2D eigenvalue weighted by atomic mass is 79.9. The summed E-state index contributed by atoms with van der Waals surface area (Å²) in [5.74, 6) is 0. The van der Waals surface area contributed by atoms with Crippen molar-refractivity contribution >= 4 is 27.3 Å². The summed E-state index contributed by atoms with van der Waals surface area (Å²) in [6.07, 6.45) is 2.56. The number of likely N-dealkylation sites (N-methyl/N-ethyl adjacent to an activating group) is 1. The van der Waals surface area contributed by atoms with Crippen LogP contribution in [0.5, 0.6) is 0 Å². The monoisotopic (exact) mass is 345 g/mol. The highest BCUT2D eigenvalue weighted by Gasteiger charge is 2.30. The second-order valence-corrected chi connectivity index (χ2v) is 8.20. The fourth-order valence-electron chi connectivity index (χ4n) is 2.92. The largest absolute Gasteiger partial charge is 0.326 e. The van der Waals surface area contributed by atoms with Crippen molar-refractivity contribution < 1.29 is 0 Å². The van der Waals surface area contributed by atoms with Gasteiger partial charge in [0.2, 0.25) is 0 Å². The molecule has 2 N–H and O–H groups in total. The maximum Gasteiger partial charge on any atom is 0.0702 e. The molecule has 3 nitrogen and oxygen atoms in total. The summed E-state index contributed by atoms with van der Waals surface area (Å²) < 4.78 is 1.19. The lowest BCUT2D eigenvalue weighted by atomic mass is 9.99. The van der Waals surface area contributed by atoms with Crippen LogP contribution < -0.4 is 5.73 Å². The fourth-order valence-corrected chi connectivity index (χ4v) is 4.59. The molecule has 1 aliphatic heterocycles. The predicted octanol–water partition coefficient (Wildman–Crippen LogP) is 2.92. The average Bonchev–Trinajstić information content (AvgIpc) is 2.75. The first-order valence-corrected chi connectivity index (χ1v) is 8.51. The Kier molecular flexibility index (Phi) is 5.43. The average molecular weight is 346 g/mol. The molecule has 1 aliphatic rings. The molecule has 3 atom stereocenters. The van der Waals surface area contributed by atoms with Crippen LogP contribution in [0.25, 0.3) is 0 Å². The smallest absolute Gasteiger partial charge is 0.0702 e. The standard InChI is InChI=1S/C14H24BrN3S/c1-10(16)14(12-6-7-13(15)19-12)18-8-4-5-11(9-18)17(2)3/h6-7,10-11,14H,4-5,8-9,16H2,1-3H3. The summed E-state index contributed by atoms with van der Waals surface area (Å²) in [6, 6.07) is 5.49. The molecule has 0 spiro atoms. The number of nitrogens with two attached hydrogens (primary N) is 1. The quantitative estimate of drug-likeness (QED) is 0.910. The van der Waals surface area contributed by atoms with Gasteiger partial charge in [0.15, 0.2) is 0 Å². The lowest BCUT2D eigenvalue weighted by Crippen LogP contribution is -2.49. The maximum atomic E-state index is 6.27. The van der Waals surface area contributed by atoms with Crippen molar-refractivity contribution in [1.29, 1.82) is 0 Å². The lowest BCUT2D eigenvalue weighted by molar-refractivity contribution is 0.0879. The van der Waals surface area contributed by atoms with Crippen molar-refractivity contribution in [3.63, 3.8) is 0 Å². The molecule has 5 heteroatoms. The zero-order valence-corrected chi connectivity index (χ0v) is 14.4. The molecule has 0 aromatic carbocycles. The van der Waals surface area contributed by atoms with Crippen LogP contribution in [0.15, 0.2) is 15.9 Å². The Labute approximate surface area is 128 Å². The molecule has 0 aliphatic carbocycles. The fraction of sp³-hybridized carbons (Fsp3) is 0.714. The van der Waals surface area contributed by atoms with Crippen LogP contribution in [0.4, 0.5) is 0 Å². The Morgan fingerprint density at radius 2 is 2.21 bits per heavy atom. The summed E-state index contributed by atoms with van der Waals surface area (Å²) in [6.45, 7) is 4.40. The third-order valence-electron chi connectivity index (χ3n) is 3.94. The van der Waals surface area contributed by atoms with Crippen molar-refractivity contribution in [2.24, 2.45) is 5.73 Å². The number of rotatable bonds is 4. The van der Waals surface area contributed by atoms with Gasteiger partial charge >= 0.3 is 0 Å². The third kappa shape index (κ3) is 3.79. The van der Waals surface area contributed by atoms with Crippen LogP contribution in [0.1, 0.15) is 30.7 Å². The highest BCUT2D eigenvalue weighted by Crippen LogP contribution is 2.34. The van der Waals surface area contributed by atoms with E-state index in [0.717, 1.165) is 13.1 Å². The Morgan fingerprint density at radius 1 is 1.47 bits per heavy atom. The van der Waals surface area contributed by atoms with E-state index in [2.05, 4.69) is 58.9 Å². The normalized spacial score (nSPS) is 24.6. The van der Waals surface area contributed by atoms with E-state index in [1.165, 1.54) is 21.5 Å². The van der Waals surface area contributed by atoms with Gasteiger partial charge in [0.05, 0.1) is 9.83 Å². The second-order valence-electron chi connectivity index (χ2n) is 5.70. The third-order valence-corrected chi connectivity index (χ3v) is 5.63. The minimum atomic E-state index is 0.159. The number of likely N-dealkylation sites (tertiary alicyclic amines) is 1. The van der Waals surface area contributed by atoms with E-state index in [0.29, 0.717) is 12.1 Å². The van der Waals surface area contributed by atoms with Gasteiger partial charge in [-0.25, -0.2) is 0 Å². The molecule has 108 valence electrons. The van der Waals surface area contributed by atoms with Crippen molar-refractivity contribution in [2.75, 3.05) is 27.2 Å². The minimum absolute atomic E-state index is 0.159. The maximum absolute atomic E-state index is 6.27. The molecule has 3 unspecified atom stereocenters. The number of hydrogen-bond donors (Lipinski definition) is 1. The van der Waals surface area contributed by atoms with Gasteiger partial charge in [-0.2, -0.15) is 0 Å². The van der Waals surface area contributed by atoms with Gasteiger partial charge in [0.25, 0.3) is 0 Å². The van der Waals surface area contributed by atoms with Crippen LogP contribution in [-0.4, -0.2) is 49.1 Å². The number of thiophene rings is 1. The van der Waals surface area contributed by atoms with Gasteiger partial charge in [-0.3, -0.25) is 4.90 Å². The highest BCUT2D eigenvalue weighted by molar-refractivity contribution is 9.11. The van der Waals surface area contributed by atoms with E-state index in [4.69, 9.17) is 5.73 Å². The predicted molar refractivity (Wildman–Crippen MR) is 86.7 cm³/mol. The molecule has 19 heavy (non-hydrogen) atoms. The van der Waals surface area contributed by atoms with Crippen molar-refractivity contribution in [3.05, 3.63) is 20.8 Å². The number of piperidine rings is 1. The second kappa shape index (κ2) is 6.68. The summed E-state index contributed by atoms with van der Waals surface area (Å²) in [5, 5.41) is 0. The van der Waals surface area contributed by atoms with Crippen molar-refractivity contribution in [1.82, 2.24) is 9.80 Å². The molecule has 2 rings (SSSR count). The van der Waals surface area contributed by atoms with E-state index in [9.17, 15) is 0 Å². The Bertz CT molecular complexity index is 405. The molecule has 0 amide bonds. The Balaban J connectivity index is 2.15. The van der Waals surface area contributed by atoms with E-state index < -0.39 is 0 Å². The van der Waals surface area contributed by atoms with Crippen LogP contribution in [-0.2, 0) is 0 Å². The molecule has 0 radical (unpaired) electrons.